The van der Waals surface area contributed by atoms with Crippen LogP contribution in [0, 0.1) is 5.92 Å². The molecule has 1 aliphatic heterocycles. The molecule has 1 atom stereocenters. The van der Waals surface area contributed by atoms with E-state index in [-0.39, 0.29) is 18.6 Å². The van der Waals surface area contributed by atoms with Crippen LogP contribution < -0.4 is 5.32 Å². The van der Waals surface area contributed by atoms with Crippen LogP contribution in [0.2, 0.25) is 0 Å². The van der Waals surface area contributed by atoms with Crippen LogP contribution in [0.5, 0.6) is 0 Å². The van der Waals surface area contributed by atoms with Crippen LogP contribution in [0.1, 0.15) is 39.2 Å². The Labute approximate surface area is 149 Å². The minimum atomic E-state index is -0.510. The largest absolute Gasteiger partial charge is 0.445 e. The van der Waals surface area contributed by atoms with E-state index in [1.807, 2.05) is 51.1 Å². The first-order valence-corrected chi connectivity index (χ1v) is 8.76. The molecule has 1 heterocycles. The molecule has 0 radical (unpaired) electrons. The third kappa shape index (κ3) is 7.03. The Morgan fingerprint density at radius 1 is 1.24 bits per heavy atom. The van der Waals surface area contributed by atoms with Crippen molar-refractivity contribution in [3.8, 4) is 0 Å². The number of ether oxygens (including phenoxy) is 2. The van der Waals surface area contributed by atoms with Gasteiger partial charge in [-0.1, -0.05) is 30.3 Å². The number of carbonyl (C=O) groups excluding carboxylic acids is 2. The highest BCUT2D eigenvalue weighted by molar-refractivity contribution is 5.68. The highest BCUT2D eigenvalue weighted by atomic mass is 16.6. The Hall–Kier alpha value is -2.24. The van der Waals surface area contributed by atoms with Crippen LogP contribution in [0.25, 0.3) is 0 Å². The molecule has 2 rings (SSSR count). The van der Waals surface area contributed by atoms with Crippen molar-refractivity contribution in [1.29, 1.82) is 0 Å². The van der Waals surface area contributed by atoms with Crippen molar-refractivity contribution in [2.75, 3.05) is 19.6 Å². The highest BCUT2D eigenvalue weighted by Gasteiger charge is 2.25. The lowest BCUT2D eigenvalue weighted by Gasteiger charge is -2.32. The quantitative estimate of drug-likeness (QED) is 0.903. The van der Waals surface area contributed by atoms with Crippen LogP contribution >= 0.6 is 0 Å². The van der Waals surface area contributed by atoms with E-state index in [2.05, 4.69) is 5.32 Å². The average Bonchev–Trinajstić information content (AvgIpc) is 2.57. The molecule has 1 aliphatic rings. The first kappa shape index (κ1) is 19.1. The number of piperidine rings is 1. The number of alkyl carbamates (subject to hydrolysis) is 1. The van der Waals surface area contributed by atoms with Gasteiger partial charge in [0.15, 0.2) is 0 Å². The fraction of sp³-hybridized carbons (Fsp3) is 0.579. The molecule has 6 heteroatoms. The second-order valence-corrected chi connectivity index (χ2v) is 7.38. The number of nitrogens with zero attached hydrogens (tertiary/aromatic N) is 1. The topological polar surface area (TPSA) is 67.9 Å². The van der Waals surface area contributed by atoms with E-state index in [0.717, 1.165) is 18.4 Å². The Morgan fingerprint density at radius 2 is 1.96 bits per heavy atom. The fourth-order valence-electron chi connectivity index (χ4n) is 2.75. The summed E-state index contributed by atoms with van der Waals surface area (Å²) < 4.78 is 10.6. The third-order valence-electron chi connectivity index (χ3n) is 3.92. The first-order valence-electron chi connectivity index (χ1n) is 8.76. The molecule has 1 fully saturated rings. The van der Waals surface area contributed by atoms with Gasteiger partial charge in [0.05, 0.1) is 0 Å². The number of hydrogen-bond acceptors (Lipinski definition) is 4. The molecule has 0 spiro atoms. The maximum Gasteiger partial charge on any atom is 0.410 e. The number of benzene rings is 1. The molecule has 2 amide bonds. The summed E-state index contributed by atoms with van der Waals surface area (Å²) in [6.07, 6.45) is 1.15. The van der Waals surface area contributed by atoms with Crippen LogP contribution in [0.15, 0.2) is 30.3 Å². The number of amides is 2. The SMILES string of the molecule is CC(C)(C)OC(=O)NC[C@H]1CCCN(C(=O)OCc2ccccc2)C1. The van der Waals surface area contributed by atoms with Gasteiger partial charge < -0.3 is 19.7 Å². The van der Waals surface area contributed by atoms with Gasteiger partial charge in [-0.3, -0.25) is 0 Å². The van der Waals surface area contributed by atoms with Gasteiger partial charge in [-0.2, -0.15) is 0 Å². The molecule has 0 unspecified atom stereocenters. The van der Waals surface area contributed by atoms with E-state index in [4.69, 9.17) is 9.47 Å². The van der Waals surface area contributed by atoms with Crippen molar-refractivity contribution in [3.05, 3.63) is 35.9 Å². The van der Waals surface area contributed by atoms with Gasteiger partial charge >= 0.3 is 12.2 Å². The van der Waals surface area contributed by atoms with Gasteiger partial charge in [0.2, 0.25) is 0 Å². The van der Waals surface area contributed by atoms with Gasteiger partial charge in [-0.05, 0) is 45.1 Å². The second kappa shape index (κ2) is 8.74. The molecule has 0 bridgehead atoms. The molecule has 6 nitrogen and oxygen atoms in total. The Bertz CT molecular complexity index is 569. The van der Waals surface area contributed by atoms with Crippen LogP contribution in [0.3, 0.4) is 0 Å². The number of carbonyl (C=O) groups is 2. The molecule has 1 saturated heterocycles. The zero-order valence-corrected chi connectivity index (χ0v) is 15.3. The molecule has 0 aromatic heterocycles. The fourth-order valence-corrected chi connectivity index (χ4v) is 2.75. The summed E-state index contributed by atoms with van der Waals surface area (Å²) >= 11 is 0. The third-order valence-corrected chi connectivity index (χ3v) is 3.92. The van der Waals surface area contributed by atoms with Crippen molar-refractivity contribution in [2.45, 2.75) is 45.8 Å². The lowest BCUT2D eigenvalue weighted by molar-refractivity contribution is 0.0501. The minimum absolute atomic E-state index is 0.213. The normalized spacial score (nSPS) is 17.7. The van der Waals surface area contributed by atoms with Crippen molar-refractivity contribution in [2.24, 2.45) is 5.92 Å². The number of hydrogen-bond donors (Lipinski definition) is 1. The van der Waals surface area contributed by atoms with Gasteiger partial charge in [-0.25, -0.2) is 9.59 Å². The van der Waals surface area contributed by atoms with Gasteiger partial charge in [0.25, 0.3) is 0 Å². The standard InChI is InChI=1S/C19H28N2O4/c1-19(2,3)25-17(22)20-12-16-10-7-11-21(13-16)18(23)24-14-15-8-5-4-6-9-15/h4-6,8-9,16H,7,10-14H2,1-3H3,(H,20,22)/t16-/m1/s1. The zero-order chi connectivity index (χ0) is 18.3. The second-order valence-electron chi connectivity index (χ2n) is 7.38. The zero-order valence-electron chi connectivity index (χ0n) is 15.3. The minimum Gasteiger partial charge on any atom is -0.445 e. The summed E-state index contributed by atoms with van der Waals surface area (Å²) in [4.78, 5) is 25.7. The van der Waals surface area contributed by atoms with Crippen LogP contribution in [0.4, 0.5) is 9.59 Å². The molecule has 1 N–H and O–H groups in total. The maximum absolute atomic E-state index is 12.2. The predicted molar refractivity (Wildman–Crippen MR) is 95.2 cm³/mol. The monoisotopic (exact) mass is 348 g/mol. The van der Waals surface area contributed by atoms with Gasteiger partial charge in [0.1, 0.15) is 12.2 Å². The van der Waals surface area contributed by atoms with Crippen molar-refractivity contribution in [1.82, 2.24) is 10.2 Å². The molecule has 1 aromatic rings. The number of likely N-dealkylation sites (tertiary alicyclic amines) is 1. The Morgan fingerprint density at radius 3 is 2.64 bits per heavy atom. The molecule has 1 aromatic carbocycles. The number of rotatable bonds is 4. The van der Waals surface area contributed by atoms with E-state index in [9.17, 15) is 9.59 Å². The predicted octanol–water partition coefficient (Wildman–Crippen LogP) is 3.56. The molecule has 0 aliphatic carbocycles. The van der Waals surface area contributed by atoms with E-state index >= 15 is 0 Å². The van der Waals surface area contributed by atoms with Crippen molar-refractivity contribution in [3.63, 3.8) is 0 Å². The molecule has 25 heavy (non-hydrogen) atoms. The summed E-state index contributed by atoms with van der Waals surface area (Å²) in [6.45, 7) is 7.54. The van der Waals surface area contributed by atoms with E-state index in [1.165, 1.54) is 0 Å². The van der Waals surface area contributed by atoms with E-state index in [0.29, 0.717) is 19.6 Å². The summed E-state index contributed by atoms with van der Waals surface area (Å²) in [5.41, 5.74) is 0.459. The lowest BCUT2D eigenvalue weighted by atomic mass is 9.98. The van der Waals surface area contributed by atoms with Crippen LogP contribution in [-0.2, 0) is 16.1 Å². The molecule has 138 valence electrons. The van der Waals surface area contributed by atoms with Crippen LogP contribution in [-0.4, -0.2) is 42.3 Å². The molecule has 0 saturated carbocycles. The Kier molecular flexibility index (Phi) is 6.67. The van der Waals surface area contributed by atoms with Gasteiger partial charge in [-0.15, -0.1) is 0 Å². The van der Waals surface area contributed by atoms with E-state index in [1.54, 1.807) is 4.90 Å². The molecular weight excluding hydrogens is 320 g/mol. The summed E-state index contributed by atoms with van der Waals surface area (Å²) in [7, 11) is 0. The van der Waals surface area contributed by atoms with Crippen molar-refractivity contribution >= 4 is 12.2 Å². The lowest BCUT2D eigenvalue weighted by Crippen LogP contribution is -2.44. The highest BCUT2D eigenvalue weighted by Crippen LogP contribution is 2.17. The summed E-state index contributed by atoms with van der Waals surface area (Å²) in [6, 6.07) is 9.62. The summed E-state index contributed by atoms with van der Waals surface area (Å²) in [5, 5.41) is 2.79. The number of nitrogens with one attached hydrogen (secondary N) is 1. The maximum atomic E-state index is 12.2. The summed E-state index contributed by atoms with van der Waals surface area (Å²) in [5.74, 6) is 0.213. The first-order chi connectivity index (χ1) is 11.8. The van der Waals surface area contributed by atoms with E-state index < -0.39 is 11.7 Å². The average molecular weight is 348 g/mol. The van der Waals surface area contributed by atoms with Crippen molar-refractivity contribution < 1.29 is 19.1 Å². The Balaban J connectivity index is 1.74. The molecular formula is C19H28N2O4. The smallest absolute Gasteiger partial charge is 0.410 e. The van der Waals surface area contributed by atoms with Gasteiger partial charge in [0, 0.05) is 19.6 Å².